The SMILES string of the molecule is O=C(OC(=O)C(F)(F)F)c1cnc2ccccc2c1. The van der Waals surface area contributed by atoms with Crippen LogP contribution in [0.25, 0.3) is 10.9 Å². The summed E-state index contributed by atoms with van der Waals surface area (Å²) in [5.74, 6) is -3.94. The predicted molar refractivity (Wildman–Crippen MR) is 58.2 cm³/mol. The topological polar surface area (TPSA) is 56.3 Å². The van der Waals surface area contributed by atoms with Crippen LogP contribution >= 0.6 is 0 Å². The Kier molecular flexibility index (Phi) is 3.20. The van der Waals surface area contributed by atoms with Crippen molar-refractivity contribution in [1.82, 2.24) is 4.98 Å². The maximum atomic E-state index is 11.9. The summed E-state index contributed by atoms with van der Waals surface area (Å²) in [6.07, 6.45) is -4.16. The largest absolute Gasteiger partial charge is 0.491 e. The summed E-state index contributed by atoms with van der Waals surface area (Å²) in [5, 5.41) is 0.552. The number of ether oxygens (including phenoxy) is 1. The van der Waals surface area contributed by atoms with Crippen LogP contribution < -0.4 is 0 Å². The molecule has 0 saturated heterocycles. The van der Waals surface area contributed by atoms with Gasteiger partial charge in [-0.25, -0.2) is 9.59 Å². The molecule has 2 aromatic rings. The standard InChI is InChI=1S/C12H6F3NO3/c13-12(14,15)11(18)19-10(17)8-5-7-3-1-2-4-9(7)16-6-8/h1-6H. The van der Waals surface area contributed by atoms with E-state index in [1.807, 2.05) is 0 Å². The molecule has 0 saturated carbocycles. The summed E-state index contributed by atoms with van der Waals surface area (Å²) in [7, 11) is 0. The van der Waals surface area contributed by atoms with Crippen molar-refractivity contribution in [3.63, 3.8) is 0 Å². The van der Waals surface area contributed by atoms with Gasteiger partial charge in [0.05, 0.1) is 11.1 Å². The highest BCUT2D eigenvalue weighted by Gasteiger charge is 2.42. The molecule has 19 heavy (non-hydrogen) atoms. The van der Waals surface area contributed by atoms with Crippen LogP contribution in [0.5, 0.6) is 0 Å². The molecule has 0 aliphatic heterocycles. The molecule has 0 spiro atoms. The molecule has 2 rings (SSSR count). The lowest BCUT2D eigenvalue weighted by molar-refractivity contribution is -0.193. The van der Waals surface area contributed by atoms with Crippen LogP contribution in [-0.2, 0) is 9.53 Å². The fourth-order valence-electron chi connectivity index (χ4n) is 1.38. The van der Waals surface area contributed by atoms with Crippen LogP contribution in [0, 0.1) is 0 Å². The molecular formula is C12H6F3NO3. The Morgan fingerprint density at radius 2 is 1.84 bits per heavy atom. The Morgan fingerprint density at radius 1 is 1.16 bits per heavy atom. The van der Waals surface area contributed by atoms with E-state index < -0.39 is 18.1 Å². The van der Waals surface area contributed by atoms with Gasteiger partial charge in [0.2, 0.25) is 0 Å². The molecule has 0 aliphatic carbocycles. The van der Waals surface area contributed by atoms with Crippen LogP contribution in [0.1, 0.15) is 10.4 Å². The fourth-order valence-corrected chi connectivity index (χ4v) is 1.38. The van der Waals surface area contributed by atoms with Gasteiger partial charge in [-0.15, -0.1) is 0 Å². The highest BCUT2D eigenvalue weighted by Crippen LogP contribution is 2.18. The van der Waals surface area contributed by atoms with Gasteiger partial charge in [-0.05, 0) is 12.1 Å². The summed E-state index contributed by atoms with van der Waals surface area (Å²) < 4.78 is 39.5. The number of carbonyl (C=O) groups is 2. The van der Waals surface area contributed by atoms with Crippen LogP contribution in [-0.4, -0.2) is 23.1 Å². The quantitative estimate of drug-likeness (QED) is 0.589. The zero-order chi connectivity index (χ0) is 14.0. The molecule has 0 bridgehead atoms. The van der Waals surface area contributed by atoms with Gasteiger partial charge in [-0.2, -0.15) is 13.2 Å². The van der Waals surface area contributed by atoms with E-state index in [4.69, 9.17) is 0 Å². The molecule has 4 nitrogen and oxygen atoms in total. The Hall–Kier alpha value is -2.44. The maximum absolute atomic E-state index is 11.9. The van der Waals surface area contributed by atoms with E-state index in [1.54, 1.807) is 24.3 Å². The third kappa shape index (κ3) is 2.87. The number of benzene rings is 1. The van der Waals surface area contributed by atoms with E-state index in [0.717, 1.165) is 6.20 Å². The van der Waals surface area contributed by atoms with Crippen molar-refractivity contribution in [2.75, 3.05) is 0 Å². The molecule has 0 unspecified atom stereocenters. The third-order valence-electron chi connectivity index (χ3n) is 2.24. The maximum Gasteiger partial charge on any atom is 0.491 e. The van der Waals surface area contributed by atoms with Gasteiger partial charge in [0.15, 0.2) is 0 Å². The first-order valence-corrected chi connectivity index (χ1v) is 5.06. The van der Waals surface area contributed by atoms with E-state index in [9.17, 15) is 22.8 Å². The minimum Gasteiger partial charge on any atom is -0.383 e. The van der Waals surface area contributed by atoms with Crippen molar-refractivity contribution in [2.24, 2.45) is 0 Å². The van der Waals surface area contributed by atoms with Gasteiger partial charge in [0.1, 0.15) is 0 Å². The number of hydrogen-bond acceptors (Lipinski definition) is 4. The van der Waals surface area contributed by atoms with Crippen molar-refractivity contribution in [2.45, 2.75) is 6.18 Å². The third-order valence-corrected chi connectivity index (χ3v) is 2.24. The van der Waals surface area contributed by atoms with Crippen molar-refractivity contribution < 1.29 is 27.5 Å². The van der Waals surface area contributed by atoms with Crippen LogP contribution in [0.2, 0.25) is 0 Å². The molecule has 0 atom stereocenters. The molecule has 0 N–H and O–H groups in total. The number of fused-ring (bicyclic) bond motifs is 1. The molecule has 98 valence electrons. The van der Waals surface area contributed by atoms with Crippen LogP contribution in [0.3, 0.4) is 0 Å². The van der Waals surface area contributed by atoms with E-state index in [2.05, 4.69) is 9.72 Å². The lowest BCUT2D eigenvalue weighted by Gasteiger charge is -2.05. The first-order valence-electron chi connectivity index (χ1n) is 5.06. The lowest BCUT2D eigenvalue weighted by Crippen LogP contribution is -2.28. The van der Waals surface area contributed by atoms with Crippen LogP contribution in [0.15, 0.2) is 36.5 Å². The van der Waals surface area contributed by atoms with Crippen molar-refractivity contribution in [3.8, 4) is 0 Å². The van der Waals surface area contributed by atoms with Crippen molar-refractivity contribution in [3.05, 3.63) is 42.1 Å². The normalized spacial score (nSPS) is 11.3. The van der Waals surface area contributed by atoms with Gasteiger partial charge in [-0.1, -0.05) is 18.2 Å². The van der Waals surface area contributed by atoms with Gasteiger partial charge in [0, 0.05) is 11.6 Å². The molecule has 0 aliphatic rings. The highest BCUT2D eigenvalue weighted by atomic mass is 19.4. The average Bonchev–Trinajstić information content (AvgIpc) is 2.37. The van der Waals surface area contributed by atoms with Crippen molar-refractivity contribution >= 4 is 22.8 Å². The molecule has 0 radical (unpaired) electrons. The summed E-state index contributed by atoms with van der Waals surface area (Å²) in [6, 6.07) is 8.00. The lowest BCUT2D eigenvalue weighted by atomic mass is 10.1. The van der Waals surface area contributed by atoms with E-state index in [-0.39, 0.29) is 5.56 Å². The number of carbonyl (C=O) groups excluding carboxylic acids is 2. The molecule has 1 aromatic carbocycles. The van der Waals surface area contributed by atoms with E-state index in [1.165, 1.54) is 6.07 Å². The van der Waals surface area contributed by atoms with Gasteiger partial charge < -0.3 is 4.74 Å². The Balaban J connectivity index is 2.25. The number of esters is 2. The van der Waals surface area contributed by atoms with Crippen molar-refractivity contribution in [1.29, 1.82) is 0 Å². The second-order valence-corrected chi connectivity index (χ2v) is 3.59. The minimum atomic E-state index is -5.21. The summed E-state index contributed by atoms with van der Waals surface area (Å²) in [5.41, 5.74) is 0.345. The molecule has 0 fully saturated rings. The van der Waals surface area contributed by atoms with Gasteiger partial charge >= 0.3 is 18.1 Å². The molecule has 7 heteroatoms. The number of para-hydroxylation sites is 1. The minimum absolute atomic E-state index is 0.226. The smallest absolute Gasteiger partial charge is 0.383 e. The number of pyridine rings is 1. The second-order valence-electron chi connectivity index (χ2n) is 3.59. The Morgan fingerprint density at radius 3 is 2.53 bits per heavy atom. The fraction of sp³-hybridized carbons (Fsp3) is 0.0833. The molecule has 1 heterocycles. The zero-order valence-electron chi connectivity index (χ0n) is 9.27. The van der Waals surface area contributed by atoms with Gasteiger partial charge in [0.25, 0.3) is 0 Å². The monoisotopic (exact) mass is 269 g/mol. The molecular weight excluding hydrogens is 263 g/mol. The predicted octanol–water partition coefficient (Wildman–Crippen LogP) is 2.48. The Labute approximate surface area is 104 Å². The van der Waals surface area contributed by atoms with E-state index in [0.29, 0.717) is 10.9 Å². The first kappa shape index (κ1) is 13.0. The Bertz CT molecular complexity index is 652. The number of rotatable bonds is 1. The zero-order valence-corrected chi connectivity index (χ0v) is 9.27. The average molecular weight is 269 g/mol. The number of nitrogens with zero attached hydrogens (tertiary/aromatic N) is 1. The number of aromatic nitrogens is 1. The molecule has 0 amide bonds. The first-order chi connectivity index (χ1) is 8.88. The van der Waals surface area contributed by atoms with E-state index >= 15 is 0 Å². The highest BCUT2D eigenvalue weighted by molar-refractivity contribution is 6.00. The van der Waals surface area contributed by atoms with Crippen LogP contribution in [0.4, 0.5) is 13.2 Å². The molecule has 1 aromatic heterocycles. The van der Waals surface area contributed by atoms with Gasteiger partial charge in [-0.3, -0.25) is 4.98 Å². The number of halogens is 3. The number of alkyl halides is 3. The summed E-state index contributed by atoms with van der Waals surface area (Å²) in [4.78, 5) is 25.8. The summed E-state index contributed by atoms with van der Waals surface area (Å²) >= 11 is 0. The summed E-state index contributed by atoms with van der Waals surface area (Å²) in [6.45, 7) is 0. The number of hydrogen-bond donors (Lipinski definition) is 0. The second kappa shape index (κ2) is 4.68.